The van der Waals surface area contributed by atoms with Gasteiger partial charge < -0.3 is 5.73 Å². The molecule has 1 aromatic carbocycles. The molecule has 0 aliphatic rings. The van der Waals surface area contributed by atoms with Crippen molar-refractivity contribution in [3.8, 4) is 0 Å². The van der Waals surface area contributed by atoms with Crippen LogP contribution in [0.1, 0.15) is 0 Å². The minimum Gasteiger partial charge on any atom is -0.398 e. The van der Waals surface area contributed by atoms with Gasteiger partial charge in [-0.1, -0.05) is 11.6 Å². The molecule has 2 N–H and O–H groups in total. The maximum Gasteiger partial charge on any atom is 0.398 e. The topological polar surface area (TPSA) is 26.0 Å². The number of hydrogen-bond donors (Lipinski definition) is 1. The molecule has 1 aromatic rings. The molecule has 0 bridgehead atoms. The second kappa shape index (κ2) is 4.31. The lowest BCUT2D eigenvalue weighted by Gasteiger charge is -2.06. The zero-order valence-corrected chi connectivity index (χ0v) is 8.51. The lowest BCUT2D eigenvalue weighted by Crippen LogP contribution is -2.10. The molecule has 0 aliphatic heterocycles. The third kappa shape index (κ3) is 3.67. The molecule has 78 valence electrons. The lowest BCUT2D eigenvalue weighted by molar-refractivity contribution is -0.105. The molecule has 0 aromatic heterocycles. The van der Waals surface area contributed by atoms with Crippen LogP contribution in [0.25, 0.3) is 0 Å². The number of nitrogens with two attached hydrogens (primary N) is 1. The minimum atomic E-state index is -4.17. The van der Waals surface area contributed by atoms with Crippen molar-refractivity contribution in [2.24, 2.45) is 0 Å². The Morgan fingerprint density at radius 1 is 1.36 bits per heavy atom. The zero-order valence-electron chi connectivity index (χ0n) is 6.94. The van der Waals surface area contributed by atoms with Crippen LogP contribution in [0.4, 0.5) is 18.9 Å². The average Bonchev–Trinajstić information content (AvgIpc) is 2.06. The van der Waals surface area contributed by atoms with Crippen molar-refractivity contribution < 1.29 is 13.2 Å². The Hall–Kier alpha value is -0.550. The van der Waals surface area contributed by atoms with E-state index in [4.69, 9.17) is 17.3 Å². The van der Waals surface area contributed by atoms with Crippen LogP contribution in [0.5, 0.6) is 0 Å². The van der Waals surface area contributed by atoms with Gasteiger partial charge in [0.25, 0.3) is 0 Å². The van der Waals surface area contributed by atoms with Gasteiger partial charge in [0.2, 0.25) is 0 Å². The minimum absolute atomic E-state index is 0.275. The molecule has 6 heteroatoms. The van der Waals surface area contributed by atoms with Gasteiger partial charge in [-0.05, 0) is 18.2 Å². The number of hydrogen-bond acceptors (Lipinski definition) is 2. The summed E-state index contributed by atoms with van der Waals surface area (Å²) in [6.07, 6.45) is -4.17. The van der Waals surface area contributed by atoms with Crippen LogP contribution in [0.3, 0.4) is 0 Å². The first-order valence-electron chi connectivity index (χ1n) is 3.63. The molecule has 0 radical (unpaired) electrons. The molecule has 0 atom stereocenters. The van der Waals surface area contributed by atoms with E-state index >= 15 is 0 Å². The summed E-state index contributed by atoms with van der Waals surface area (Å²) in [6, 6.07) is 4.42. The maximum atomic E-state index is 11.8. The second-order valence-corrected chi connectivity index (χ2v) is 4.04. The molecule has 14 heavy (non-hydrogen) atoms. The number of nitrogen functional groups attached to an aromatic ring is 1. The summed E-state index contributed by atoms with van der Waals surface area (Å²) in [6.45, 7) is 0. The first kappa shape index (κ1) is 11.5. The van der Waals surface area contributed by atoms with E-state index in [-0.39, 0.29) is 5.02 Å². The van der Waals surface area contributed by atoms with E-state index in [1.165, 1.54) is 18.2 Å². The first-order valence-corrected chi connectivity index (χ1v) is 4.99. The molecule has 0 amide bonds. The van der Waals surface area contributed by atoms with Crippen molar-refractivity contribution in [2.75, 3.05) is 11.5 Å². The van der Waals surface area contributed by atoms with E-state index in [9.17, 15) is 13.2 Å². The highest BCUT2D eigenvalue weighted by molar-refractivity contribution is 7.99. The van der Waals surface area contributed by atoms with E-state index in [1.54, 1.807) is 0 Å². The normalized spacial score (nSPS) is 11.7. The summed E-state index contributed by atoms with van der Waals surface area (Å²) in [4.78, 5) is 0.460. The molecule has 0 heterocycles. The van der Waals surface area contributed by atoms with E-state index in [0.29, 0.717) is 22.3 Å². The van der Waals surface area contributed by atoms with Crippen LogP contribution in [0.2, 0.25) is 5.02 Å². The van der Waals surface area contributed by atoms with Gasteiger partial charge in [0.15, 0.2) is 0 Å². The third-order valence-corrected chi connectivity index (χ3v) is 2.76. The predicted octanol–water partition coefficient (Wildman–Crippen LogP) is 3.58. The molecule has 0 unspecified atom stereocenters. The third-order valence-electron chi connectivity index (χ3n) is 1.37. The molecule has 1 nitrogen and oxygen atoms in total. The van der Waals surface area contributed by atoms with Crippen LogP contribution in [0.15, 0.2) is 23.1 Å². The van der Waals surface area contributed by atoms with Crippen LogP contribution in [-0.2, 0) is 0 Å². The Labute approximate surface area is 88.4 Å². The summed E-state index contributed by atoms with van der Waals surface area (Å²) in [5.74, 6) is -0.923. The molecular weight excluding hydrogens is 235 g/mol. The Balaban J connectivity index is 2.65. The van der Waals surface area contributed by atoms with Gasteiger partial charge in [0, 0.05) is 4.90 Å². The summed E-state index contributed by atoms with van der Waals surface area (Å²) < 4.78 is 35.5. The second-order valence-electron chi connectivity index (χ2n) is 2.59. The highest BCUT2D eigenvalue weighted by atomic mass is 35.5. The van der Waals surface area contributed by atoms with E-state index in [0.717, 1.165) is 0 Å². The number of anilines is 1. The fourth-order valence-corrected chi connectivity index (χ4v) is 1.70. The number of alkyl halides is 3. The van der Waals surface area contributed by atoms with E-state index in [1.807, 2.05) is 0 Å². The lowest BCUT2D eigenvalue weighted by atomic mass is 10.3. The zero-order chi connectivity index (χ0) is 10.8. The van der Waals surface area contributed by atoms with Gasteiger partial charge in [-0.25, -0.2) is 0 Å². The van der Waals surface area contributed by atoms with Crippen molar-refractivity contribution in [2.45, 2.75) is 11.1 Å². The van der Waals surface area contributed by atoms with Gasteiger partial charge in [-0.3, -0.25) is 0 Å². The number of rotatable bonds is 2. The van der Waals surface area contributed by atoms with Gasteiger partial charge in [0.05, 0.1) is 16.5 Å². The SMILES string of the molecule is Nc1ccc(SCC(F)(F)F)cc1Cl. The fraction of sp³-hybridized carbons (Fsp3) is 0.250. The van der Waals surface area contributed by atoms with Crippen LogP contribution >= 0.6 is 23.4 Å². The standard InChI is InChI=1S/C8H7ClF3NS/c9-6-3-5(1-2-7(6)13)14-4-8(10,11)12/h1-3H,4,13H2. The molecule has 0 aliphatic carbocycles. The van der Waals surface area contributed by atoms with Crippen LogP contribution in [-0.4, -0.2) is 11.9 Å². The Bertz CT molecular complexity index is 327. The molecule has 0 saturated carbocycles. The Morgan fingerprint density at radius 3 is 2.50 bits per heavy atom. The van der Waals surface area contributed by atoms with Crippen molar-refractivity contribution >= 4 is 29.1 Å². The Morgan fingerprint density at radius 2 is 2.00 bits per heavy atom. The van der Waals surface area contributed by atoms with Gasteiger partial charge in [-0.2, -0.15) is 13.2 Å². The highest BCUT2D eigenvalue weighted by Gasteiger charge is 2.27. The molecular formula is C8H7ClF3NS. The average molecular weight is 242 g/mol. The van der Waals surface area contributed by atoms with Gasteiger partial charge in [0.1, 0.15) is 0 Å². The number of benzene rings is 1. The van der Waals surface area contributed by atoms with Gasteiger partial charge in [-0.15, -0.1) is 11.8 Å². The molecule has 1 rings (SSSR count). The van der Waals surface area contributed by atoms with Crippen molar-refractivity contribution in [3.63, 3.8) is 0 Å². The number of halogens is 4. The van der Waals surface area contributed by atoms with Crippen molar-refractivity contribution in [1.82, 2.24) is 0 Å². The summed E-state index contributed by atoms with van der Waals surface area (Å²) in [5, 5.41) is 0.275. The summed E-state index contributed by atoms with van der Waals surface area (Å²) in [5.41, 5.74) is 5.77. The van der Waals surface area contributed by atoms with E-state index < -0.39 is 11.9 Å². The summed E-state index contributed by atoms with van der Waals surface area (Å²) in [7, 11) is 0. The fourth-order valence-electron chi connectivity index (χ4n) is 0.763. The monoisotopic (exact) mass is 241 g/mol. The molecule has 0 fully saturated rings. The quantitative estimate of drug-likeness (QED) is 0.633. The van der Waals surface area contributed by atoms with Crippen molar-refractivity contribution in [1.29, 1.82) is 0 Å². The molecule has 0 spiro atoms. The number of thioether (sulfide) groups is 1. The van der Waals surface area contributed by atoms with Crippen LogP contribution < -0.4 is 5.73 Å². The van der Waals surface area contributed by atoms with Gasteiger partial charge >= 0.3 is 6.18 Å². The van der Waals surface area contributed by atoms with Crippen LogP contribution in [0, 0.1) is 0 Å². The highest BCUT2D eigenvalue weighted by Crippen LogP contribution is 2.30. The maximum absolute atomic E-state index is 11.8. The first-order chi connectivity index (χ1) is 6.38. The largest absolute Gasteiger partial charge is 0.398 e. The van der Waals surface area contributed by atoms with Crippen molar-refractivity contribution in [3.05, 3.63) is 23.2 Å². The molecule has 0 saturated heterocycles. The summed E-state index contributed by atoms with van der Waals surface area (Å²) >= 11 is 6.33. The predicted molar refractivity (Wildman–Crippen MR) is 52.6 cm³/mol. The van der Waals surface area contributed by atoms with E-state index in [2.05, 4.69) is 0 Å². The Kier molecular flexibility index (Phi) is 3.55. The smallest absolute Gasteiger partial charge is 0.398 e.